The molecule has 0 spiro atoms. The van der Waals surface area contributed by atoms with E-state index in [4.69, 9.17) is 0 Å². The summed E-state index contributed by atoms with van der Waals surface area (Å²) in [6.07, 6.45) is 14.1. The van der Waals surface area contributed by atoms with Gasteiger partial charge < -0.3 is 24.8 Å². The predicted molar refractivity (Wildman–Crippen MR) is 161 cm³/mol. The summed E-state index contributed by atoms with van der Waals surface area (Å²) >= 11 is 0. The molecular formula is C34H41Cl2HfP. The van der Waals surface area contributed by atoms with Gasteiger partial charge in [0.1, 0.15) is 0 Å². The van der Waals surface area contributed by atoms with Gasteiger partial charge in [-0.25, -0.2) is 0 Å². The van der Waals surface area contributed by atoms with Crippen molar-refractivity contribution in [2.45, 2.75) is 65.2 Å². The van der Waals surface area contributed by atoms with E-state index in [1.54, 1.807) is 5.30 Å². The van der Waals surface area contributed by atoms with E-state index < -0.39 is 0 Å². The molecule has 0 radical (unpaired) electrons. The molecule has 0 aromatic heterocycles. The second kappa shape index (κ2) is 19.2. The number of halogens is 2. The maximum Gasteiger partial charge on any atom is 4.00 e. The topological polar surface area (TPSA) is 0 Å². The van der Waals surface area contributed by atoms with Gasteiger partial charge in [0.25, 0.3) is 0 Å². The largest absolute Gasteiger partial charge is 4.00 e. The molecule has 0 saturated heterocycles. The monoisotopic (exact) mass is 730 g/mol. The zero-order chi connectivity index (χ0) is 24.3. The Morgan fingerprint density at radius 1 is 0.553 bits per heavy atom. The third kappa shape index (κ3) is 9.89. The van der Waals surface area contributed by atoms with Crippen LogP contribution in [0.4, 0.5) is 0 Å². The minimum absolute atomic E-state index is 0. The molecule has 0 heterocycles. The fourth-order valence-corrected chi connectivity index (χ4v) is 7.64. The van der Waals surface area contributed by atoms with Gasteiger partial charge in [-0.15, -0.1) is 80.1 Å². The molecule has 0 aliphatic carbocycles. The van der Waals surface area contributed by atoms with Crippen molar-refractivity contribution in [3.63, 3.8) is 0 Å². The molecule has 0 saturated carbocycles. The average molecular weight is 730 g/mol. The molecule has 0 nitrogen and oxygen atoms in total. The number of hydrogen-bond donors (Lipinski definition) is 0. The number of rotatable bonds is 11. The first-order chi connectivity index (χ1) is 17.3. The number of hydrogen-bond acceptors (Lipinski definition) is 0. The van der Waals surface area contributed by atoms with E-state index >= 15 is 0 Å². The predicted octanol–water partition coefficient (Wildman–Crippen LogP) is 4.54. The zero-order valence-corrected chi connectivity index (χ0v) is 28.9. The molecule has 38 heavy (non-hydrogen) atoms. The van der Waals surface area contributed by atoms with Gasteiger partial charge in [-0.1, -0.05) is 103 Å². The summed E-state index contributed by atoms with van der Waals surface area (Å²) in [4.78, 5) is 0. The molecule has 5 rings (SSSR count). The minimum Gasteiger partial charge on any atom is -1.00 e. The SMILES string of the molecule is CCCCCCP(CCCCCC)c1cc2ccccc2[cH-]1.[Cl-].[Cl-].[Hf+4].c1ccc2c(c1)[cH-]c1ccccc12. The van der Waals surface area contributed by atoms with Crippen LogP contribution in [0, 0.1) is 0 Å². The summed E-state index contributed by atoms with van der Waals surface area (Å²) in [6.45, 7) is 4.61. The van der Waals surface area contributed by atoms with Crippen LogP contribution in [0.25, 0.3) is 32.3 Å². The normalized spacial score (nSPS) is 10.5. The first-order valence-corrected chi connectivity index (χ1v) is 15.4. The van der Waals surface area contributed by atoms with E-state index in [0.29, 0.717) is 0 Å². The van der Waals surface area contributed by atoms with Crippen molar-refractivity contribution in [2.75, 3.05) is 12.3 Å². The summed E-state index contributed by atoms with van der Waals surface area (Å²) < 4.78 is 0. The Labute approximate surface area is 263 Å². The van der Waals surface area contributed by atoms with Crippen LogP contribution < -0.4 is 30.1 Å². The molecule has 5 aromatic rings. The number of fused-ring (bicyclic) bond motifs is 4. The van der Waals surface area contributed by atoms with Crippen LogP contribution in [-0.2, 0) is 25.8 Å². The molecule has 0 atom stereocenters. The molecule has 4 heteroatoms. The number of benzene rings is 3. The molecule has 0 bridgehead atoms. The van der Waals surface area contributed by atoms with Gasteiger partial charge in [-0.3, -0.25) is 0 Å². The van der Waals surface area contributed by atoms with Crippen molar-refractivity contribution in [2.24, 2.45) is 0 Å². The fourth-order valence-electron chi connectivity index (χ4n) is 5.05. The molecule has 200 valence electrons. The summed E-state index contributed by atoms with van der Waals surface area (Å²) in [5, 5.41) is 9.92. The Kier molecular flexibility index (Phi) is 17.7. The van der Waals surface area contributed by atoms with Crippen LogP contribution in [0.15, 0.2) is 91.0 Å². The van der Waals surface area contributed by atoms with Crippen LogP contribution in [-0.4, -0.2) is 12.3 Å². The molecule has 0 aliphatic heterocycles. The van der Waals surface area contributed by atoms with Crippen LogP contribution in [0.1, 0.15) is 65.2 Å². The summed E-state index contributed by atoms with van der Waals surface area (Å²) in [5.41, 5.74) is 0. The van der Waals surface area contributed by atoms with Gasteiger partial charge >= 0.3 is 25.8 Å². The molecule has 0 unspecified atom stereocenters. The van der Waals surface area contributed by atoms with E-state index in [-0.39, 0.29) is 58.6 Å². The smallest absolute Gasteiger partial charge is 1.00 e. The molecule has 5 aromatic carbocycles. The fraction of sp³-hybridized carbons (Fsp3) is 0.353. The zero-order valence-electron chi connectivity index (χ0n) is 22.9. The molecule has 0 N–H and O–H groups in total. The van der Waals surface area contributed by atoms with Gasteiger partial charge in [0.15, 0.2) is 0 Å². The first kappa shape index (κ1) is 35.0. The van der Waals surface area contributed by atoms with Crippen molar-refractivity contribution >= 4 is 45.5 Å². The Morgan fingerprint density at radius 3 is 1.53 bits per heavy atom. The van der Waals surface area contributed by atoms with Crippen LogP contribution in [0.3, 0.4) is 0 Å². The summed E-state index contributed by atoms with van der Waals surface area (Å²) in [7, 11) is 0.0642. The minimum atomic E-state index is 0. The first-order valence-electron chi connectivity index (χ1n) is 13.7. The Morgan fingerprint density at radius 2 is 1.03 bits per heavy atom. The van der Waals surface area contributed by atoms with E-state index in [1.165, 1.54) is 96.0 Å². The Bertz CT molecular complexity index is 1210. The molecule has 0 aliphatic rings. The third-order valence-corrected chi connectivity index (χ3v) is 9.75. The summed E-state index contributed by atoms with van der Waals surface area (Å²) in [6, 6.07) is 33.1. The van der Waals surface area contributed by atoms with Gasteiger partial charge in [-0.2, -0.15) is 6.07 Å². The van der Waals surface area contributed by atoms with E-state index in [1.807, 2.05) is 0 Å². The van der Waals surface area contributed by atoms with Gasteiger partial charge in [0.2, 0.25) is 0 Å². The maximum atomic E-state index is 2.47. The maximum absolute atomic E-state index is 2.47. The molecule has 0 fully saturated rings. The van der Waals surface area contributed by atoms with Gasteiger partial charge in [-0.05, 0) is 25.2 Å². The van der Waals surface area contributed by atoms with Crippen molar-refractivity contribution < 1.29 is 50.7 Å². The van der Waals surface area contributed by atoms with E-state index in [0.717, 1.165) is 0 Å². The second-order valence-corrected chi connectivity index (χ2v) is 12.3. The Balaban J connectivity index is 0.000000387. The van der Waals surface area contributed by atoms with Crippen molar-refractivity contribution in [3.8, 4) is 0 Å². The quantitative estimate of drug-likeness (QED) is 0.0812. The average Bonchev–Trinajstić information content (AvgIpc) is 3.50. The number of unbranched alkanes of at least 4 members (excludes halogenated alkanes) is 6. The summed E-state index contributed by atoms with van der Waals surface area (Å²) in [5.74, 6) is 0. The molecule has 0 amide bonds. The van der Waals surface area contributed by atoms with Gasteiger partial charge in [0, 0.05) is 0 Å². The standard InChI is InChI=1S/C21H32P.C13H9.2ClH.Hf/c1-3-5-7-11-15-22(16-12-8-6-4-2)21-17-19-13-9-10-14-20(19)18-21;1-3-7-12-10(5-1)9-11-6-2-4-8-13(11)12;;;/h9-10,13-14,17-18H,3-8,11-12,15-16H2,1-2H3;1-9H;2*1H;/q2*-1;;;+4/p-2. The van der Waals surface area contributed by atoms with E-state index in [2.05, 4.69) is 105 Å². The molecular weight excluding hydrogens is 689 g/mol. The van der Waals surface area contributed by atoms with Crippen molar-refractivity contribution in [3.05, 3.63) is 91.0 Å². The second-order valence-electron chi connectivity index (χ2n) is 9.77. The third-order valence-electron chi connectivity index (χ3n) is 7.05. The van der Waals surface area contributed by atoms with Crippen LogP contribution in [0.2, 0.25) is 0 Å². The van der Waals surface area contributed by atoms with E-state index in [9.17, 15) is 0 Å². The van der Waals surface area contributed by atoms with Gasteiger partial charge in [0.05, 0.1) is 0 Å². The Hall–Kier alpha value is -0.980. The van der Waals surface area contributed by atoms with Crippen molar-refractivity contribution in [1.29, 1.82) is 0 Å². The van der Waals surface area contributed by atoms with Crippen LogP contribution in [0.5, 0.6) is 0 Å². The van der Waals surface area contributed by atoms with Crippen LogP contribution >= 0.6 is 7.92 Å². The van der Waals surface area contributed by atoms with Crippen molar-refractivity contribution in [1.82, 2.24) is 0 Å².